The average molecular weight is 347 g/mol. The molecule has 2 heteroatoms. The van der Waals surface area contributed by atoms with Crippen LogP contribution in [0.4, 0.5) is 0 Å². The number of methoxy groups -OCH3 is 1. The molecule has 1 unspecified atom stereocenters. The number of ether oxygens (including phenoxy) is 1. The second kappa shape index (κ2) is 15.9. The molecule has 0 N–H and O–H groups in total. The third kappa shape index (κ3) is 10.8. The van der Waals surface area contributed by atoms with E-state index in [9.17, 15) is 0 Å². The monoisotopic (exact) mass is 346 g/mol. The Bertz CT molecular complexity index is 211. The van der Waals surface area contributed by atoms with E-state index in [1.165, 1.54) is 95.5 Å². The average Bonchev–Trinajstić information content (AvgIpc) is 2.58. The predicted octanol–water partition coefficient (Wildman–Crippen LogP) is 7.47. The van der Waals surface area contributed by atoms with Crippen molar-refractivity contribution in [3.05, 3.63) is 0 Å². The molecular formula is C21H47OP. The minimum atomic E-state index is -1.27. The van der Waals surface area contributed by atoms with Crippen LogP contribution in [-0.2, 0) is 4.74 Å². The van der Waals surface area contributed by atoms with Gasteiger partial charge in [0.15, 0.2) is 0 Å². The molecule has 0 rings (SSSR count). The van der Waals surface area contributed by atoms with Crippen LogP contribution in [0.3, 0.4) is 0 Å². The molecule has 142 valence electrons. The zero-order valence-corrected chi connectivity index (χ0v) is 18.1. The van der Waals surface area contributed by atoms with Crippen molar-refractivity contribution in [2.45, 2.75) is 111 Å². The zero-order valence-electron chi connectivity index (χ0n) is 17.1. The molecule has 0 aliphatic rings. The van der Waals surface area contributed by atoms with E-state index in [1.54, 1.807) is 0 Å². The van der Waals surface area contributed by atoms with Gasteiger partial charge in [-0.25, -0.2) is 0 Å². The first-order chi connectivity index (χ1) is 11.2. The summed E-state index contributed by atoms with van der Waals surface area (Å²) in [7, 11) is 0.684. The standard InChI is InChI=1S/C21H47OP/c1-6-9-12-15-18-23(21(4)22-5,19-16-13-10-7-2)20-17-14-11-8-3/h21,23H,6-20H2,1-5H3. The molecule has 0 saturated heterocycles. The van der Waals surface area contributed by atoms with Crippen LogP contribution in [0.5, 0.6) is 0 Å². The van der Waals surface area contributed by atoms with Gasteiger partial charge in [0.25, 0.3) is 0 Å². The molecule has 0 amide bonds. The molecule has 0 radical (unpaired) electrons. The summed E-state index contributed by atoms with van der Waals surface area (Å²) in [4.78, 5) is 0. The van der Waals surface area contributed by atoms with Crippen molar-refractivity contribution in [1.29, 1.82) is 0 Å². The van der Waals surface area contributed by atoms with Crippen molar-refractivity contribution in [3.8, 4) is 0 Å². The van der Waals surface area contributed by atoms with Gasteiger partial charge in [-0.2, -0.15) is 0 Å². The van der Waals surface area contributed by atoms with Gasteiger partial charge in [-0.3, -0.25) is 0 Å². The molecule has 0 fully saturated rings. The third-order valence-electron chi connectivity index (χ3n) is 5.80. The molecule has 0 aliphatic heterocycles. The second-order valence-corrected chi connectivity index (χ2v) is 12.7. The molecule has 23 heavy (non-hydrogen) atoms. The van der Waals surface area contributed by atoms with Gasteiger partial charge in [0, 0.05) is 0 Å². The van der Waals surface area contributed by atoms with E-state index in [-0.39, 0.29) is 0 Å². The number of hydrogen-bond donors (Lipinski definition) is 0. The molecule has 1 nitrogen and oxygen atoms in total. The summed E-state index contributed by atoms with van der Waals surface area (Å²) < 4.78 is 5.95. The molecular weight excluding hydrogens is 299 g/mol. The van der Waals surface area contributed by atoms with Gasteiger partial charge in [-0.15, -0.1) is 0 Å². The molecule has 1 atom stereocenters. The summed E-state index contributed by atoms with van der Waals surface area (Å²) in [6.07, 6.45) is 21.5. The van der Waals surface area contributed by atoms with Crippen molar-refractivity contribution in [2.75, 3.05) is 25.6 Å². The van der Waals surface area contributed by atoms with Crippen molar-refractivity contribution in [1.82, 2.24) is 0 Å². The second-order valence-electron chi connectivity index (χ2n) is 7.67. The number of unbranched alkanes of at least 4 members (excludes halogenated alkanes) is 9. The molecule has 0 spiro atoms. The van der Waals surface area contributed by atoms with Crippen LogP contribution in [0.25, 0.3) is 0 Å². The Hall–Kier alpha value is 0.390. The Morgan fingerprint density at radius 3 is 1.22 bits per heavy atom. The molecule has 0 bridgehead atoms. The number of hydrogen-bond acceptors (Lipinski definition) is 1. The minimum absolute atomic E-state index is 0.548. The van der Waals surface area contributed by atoms with Gasteiger partial charge in [0.2, 0.25) is 0 Å². The summed E-state index contributed by atoms with van der Waals surface area (Å²) in [6, 6.07) is 0. The van der Waals surface area contributed by atoms with E-state index >= 15 is 0 Å². The Morgan fingerprint density at radius 1 is 0.609 bits per heavy atom. The van der Waals surface area contributed by atoms with E-state index in [4.69, 9.17) is 4.74 Å². The summed E-state index contributed by atoms with van der Waals surface area (Å²) in [6.45, 7) is 9.35. The van der Waals surface area contributed by atoms with E-state index in [2.05, 4.69) is 27.7 Å². The van der Waals surface area contributed by atoms with Crippen LogP contribution in [0.15, 0.2) is 0 Å². The number of rotatable bonds is 17. The molecule has 0 heterocycles. The Morgan fingerprint density at radius 2 is 0.957 bits per heavy atom. The van der Waals surface area contributed by atoms with E-state index in [0.29, 0.717) is 5.85 Å². The molecule has 0 aromatic heterocycles. The van der Waals surface area contributed by atoms with Gasteiger partial charge < -0.3 is 0 Å². The molecule has 0 aliphatic carbocycles. The summed E-state index contributed by atoms with van der Waals surface area (Å²) in [5.41, 5.74) is 0. The maximum atomic E-state index is 5.95. The first-order valence-corrected chi connectivity index (χ1v) is 13.4. The van der Waals surface area contributed by atoms with Crippen LogP contribution in [0, 0.1) is 0 Å². The SMILES string of the molecule is CCCCCC[PH](CCCCCC)(CCCCCC)C(C)OC. The summed E-state index contributed by atoms with van der Waals surface area (Å²) in [5, 5.41) is 0. The summed E-state index contributed by atoms with van der Waals surface area (Å²) in [5.74, 6) is 0.548. The van der Waals surface area contributed by atoms with Gasteiger partial charge in [-0.1, -0.05) is 0 Å². The van der Waals surface area contributed by atoms with E-state index in [0.717, 1.165) is 0 Å². The Balaban J connectivity index is 4.66. The van der Waals surface area contributed by atoms with Crippen molar-refractivity contribution >= 4 is 7.26 Å². The van der Waals surface area contributed by atoms with Crippen LogP contribution in [0.1, 0.15) is 105 Å². The van der Waals surface area contributed by atoms with Crippen molar-refractivity contribution < 1.29 is 4.74 Å². The van der Waals surface area contributed by atoms with Crippen LogP contribution in [-0.4, -0.2) is 31.4 Å². The molecule has 0 aromatic rings. The van der Waals surface area contributed by atoms with Crippen molar-refractivity contribution in [3.63, 3.8) is 0 Å². The fourth-order valence-electron chi connectivity index (χ4n) is 3.95. The zero-order chi connectivity index (χ0) is 17.4. The third-order valence-corrected chi connectivity index (χ3v) is 11.8. The van der Waals surface area contributed by atoms with Gasteiger partial charge in [0.1, 0.15) is 0 Å². The predicted molar refractivity (Wildman–Crippen MR) is 112 cm³/mol. The quantitative estimate of drug-likeness (QED) is 0.196. The fourth-order valence-corrected chi connectivity index (χ4v) is 9.28. The van der Waals surface area contributed by atoms with E-state index < -0.39 is 7.26 Å². The van der Waals surface area contributed by atoms with Crippen LogP contribution >= 0.6 is 7.26 Å². The van der Waals surface area contributed by atoms with Gasteiger partial charge >= 0.3 is 148 Å². The molecule has 0 aromatic carbocycles. The normalized spacial score (nSPS) is 14.1. The van der Waals surface area contributed by atoms with Crippen molar-refractivity contribution in [2.24, 2.45) is 0 Å². The Labute approximate surface area is 148 Å². The maximum absolute atomic E-state index is 5.95. The van der Waals surface area contributed by atoms with Gasteiger partial charge in [0.05, 0.1) is 0 Å². The van der Waals surface area contributed by atoms with Gasteiger partial charge in [-0.05, 0) is 0 Å². The van der Waals surface area contributed by atoms with E-state index in [1.807, 2.05) is 7.11 Å². The first-order valence-electron chi connectivity index (χ1n) is 10.7. The topological polar surface area (TPSA) is 9.23 Å². The van der Waals surface area contributed by atoms with Crippen LogP contribution in [0.2, 0.25) is 0 Å². The summed E-state index contributed by atoms with van der Waals surface area (Å²) >= 11 is 0. The Kier molecular flexibility index (Phi) is 16.2. The fraction of sp³-hybridized carbons (Fsp3) is 1.00. The van der Waals surface area contributed by atoms with Crippen LogP contribution < -0.4 is 0 Å². The molecule has 0 saturated carbocycles. The first kappa shape index (κ1) is 23.4.